The van der Waals surface area contributed by atoms with Crippen molar-refractivity contribution in [1.82, 2.24) is 4.90 Å². The van der Waals surface area contributed by atoms with Crippen LogP contribution in [0.25, 0.3) is 0 Å². The lowest BCUT2D eigenvalue weighted by Gasteiger charge is -2.17. The standard InChI is InChI=1S/C14H17F3N2O2/c15-14(16,17)21-12-4-2-1-3-10(12)5-6-13(20)19-8-7-11(18)9-19/h1-4,11H,5-9,18H2/t11-/m1/s1. The van der Waals surface area contributed by atoms with E-state index in [0.29, 0.717) is 18.7 Å². The lowest BCUT2D eigenvalue weighted by atomic mass is 10.1. The number of hydrogen-bond acceptors (Lipinski definition) is 3. The summed E-state index contributed by atoms with van der Waals surface area (Å²) in [6.45, 7) is 1.13. The molecule has 2 N–H and O–H groups in total. The van der Waals surface area contributed by atoms with Crippen LogP contribution in [-0.4, -0.2) is 36.3 Å². The third-order valence-electron chi connectivity index (χ3n) is 3.38. The zero-order chi connectivity index (χ0) is 15.5. The van der Waals surface area contributed by atoms with Gasteiger partial charge in [-0.3, -0.25) is 4.79 Å². The van der Waals surface area contributed by atoms with Gasteiger partial charge in [-0.05, 0) is 24.5 Å². The van der Waals surface area contributed by atoms with Gasteiger partial charge >= 0.3 is 6.36 Å². The quantitative estimate of drug-likeness (QED) is 0.926. The third kappa shape index (κ3) is 4.63. The fourth-order valence-electron chi connectivity index (χ4n) is 2.35. The SMILES string of the molecule is N[C@@H]1CCN(C(=O)CCc2ccccc2OC(F)(F)F)C1. The van der Waals surface area contributed by atoms with Crippen molar-refractivity contribution in [2.75, 3.05) is 13.1 Å². The zero-order valence-corrected chi connectivity index (χ0v) is 11.4. The molecule has 0 saturated carbocycles. The lowest BCUT2D eigenvalue weighted by Crippen LogP contribution is -2.32. The van der Waals surface area contributed by atoms with E-state index in [2.05, 4.69) is 4.74 Å². The molecule has 2 rings (SSSR count). The Labute approximate surface area is 120 Å². The van der Waals surface area contributed by atoms with Crippen LogP contribution < -0.4 is 10.5 Å². The first kappa shape index (κ1) is 15.6. The largest absolute Gasteiger partial charge is 0.573 e. The van der Waals surface area contributed by atoms with Gasteiger partial charge in [0.25, 0.3) is 0 Å². The van der Waals surface area contributed by atoms with Gasteiger partial charge in [0.1, 0.15) is 5.75 Å². The molecule has 0 unspecified atom stereocenters. The van der Waals surface area contributed by atoms with Crippen LogP contribution in [0.4, 0.5) is 13.2 Å². The number of alkyl halides is 3. The van der Waals surface area contributed by atoms with E-state index >= 15 is 0 Å². The molecule has 1 aliphatic rings. The van der Waals surface area contributed by atoms with Crippen molar-refractivity contribution in [3.05, 3.63) is 29.8 Å². The van der Waals surface area contributed by atoms with E-state index in [1.54, 1.807) is 11.0 Å². The van der Waals surface area contributed by atoms with Gasteiger partial charge in [-0.1, -0.05) is 18.2 Å². The van der Waals surface area contributed by atoms with E-state index in [0.717, 1.165) is 6.42 Å². The molecule has 7 heteroatoms. The lowest BCUT2D eigenvalue weighted by molar-refractivity contribution is -0.274. The van der Waals surface area contributed by atoms with Crippen molar-refractivity contribution in [1.29, 1.82) is 0 Å². The summed E-state index contributed by atoms with van der Waals surface area (Å²) in [6.07, 6.45) is -3.62. The van der Waals surface area contributed by atoms with Gasteiger partial charge in [0, 0.05) is 25.6 Å². The van der Waals surface area contributed by atoms with Crippen LogP contribution in [0.1, 0.15) is 18.4 Å². The highest BCUT2D eigenvalue weighted by atomic mass is 19.4. The van der Waals surface area contributed by atoms with Gasteiger partial charge in [-0.2, -0.15) is 0 Å². The molecule has 21 heavy (non-hydrogen) atoms. The molecule has 1 fully saturated rings. The normalized spacial score (nSPS) is 18.9. The first-order chi connectivity index (χ1) is 9.85. The molecule has 1 aliphatic heterocycles. The number of hydrogen-bond donors (Lipinski definition) is 1. The van der Waals surface area contributed by atoms with E-state index in [4.69, 9.17) is 5.73 Å². The van der Waals surface area contributed by atoms with Crippen molar-refractivity contribution in [3.63, 3.8) is 0 Å². The third-order valence-corrected chi connectivity index (χ3v) is 3.38. The van der Waals surface area contributed by atoms with Crippen LogP contribution in [0.15, 0.2) is 24.3 Å². The molecule has 116 valence electrons. The van der Waals surface area contributed by atoms with Crippen LogP contribution >= 0.6 is 0 Å². The Bertz CT molecular complexity index is 505. The first-order valence-electron chi connectivity index (χ1n) is 6.72. The highest BCUT2D eigenvalue weighted by Gasteiger charge is 2.32. The summed E-state index contributed by atoms with van der Waals surface area (Å²) in [6, 6.07) is 5.86. The van der Waals surface area contributed by atoms with Gasteiger partial charge in [0.2, 0.25) is 5.91 Å². The number of rotatable bonds is 4. The zero-order valence-electron chi connectivity index (χ0n) is 11.4. The maximum absolute atomic E-state index is 12.3. The van der Waals surface area contributed by atoms with Gasteiger partial charge in [-0.25, -0.2) is 0 Å². The monoisotopic (exact) mass is 302 g/mol. The van der Waals surface area contributed by atoms with Gasteiger partial charge in [0.05, 0.1) is 0 Å². The maximum atomic E-state index is 12.3. The molecule has 0 bridgehead atoms. The number of halogens is 3. The second-order valence-corrected chi connectivity index (χ2v) is 5.04. The molecular formula is C14H17F3N2O2. The number of amides is 1. The summed E-state index contributed by atoms with van der Waals surface area (Å²) >= 11 is 0. The Morgan fingerprint density at radius 2 is 2.10 bits per heavy atom. The fourth-order valence-corrected chi connectivity index (χ4v) is 2.35. The number of nitrogens with zero attached hydrogens (tertiary/aromatic N) is 1. The Morgan fingerprint density at radius 3 is 2.71 bits per heavy atom. The highest BCUT2D eigenvalue weighted by Crippen LogP contribution is 2.27. The average molecular weight is 302 g/mol. The summed E-state index contributed by atoms with van der Waals surface area (Å²) < 4.78 is 40.9. The Kier molecular flexibility index (Phi) is 4.72. The minimum absolute atomic E-state index is 0.00482. The molecule has 0 aliphatic carbocycles. The molecular weight excluding hydrogens is 285 g/mol. The number of ether oxygens (including phenoxy) is 1. The van der Waals surface area contributed by atoms with Crippen LogP contribution in [0.2, 0.25) is 0 Å². The fraction of sp³-hybridized carbons (Fsp3) is 0.500. The van der Waals surface area contributed by atoms with E-state index < -0.39 is 6.36 Å². The molecule has 1 atom stereocenters. The molecule has 1 saturated heterocycles. The van der Waals surface area contributed by atoms with E-state index in [-0.39, 0.29) is 30.5 Å². The minimum Gasteiger partial charge on any atom is -0.406 e. The number of likely N-dealkylation sites (tertiary alicyclic amines) is 1. The summed E-state index contributed by atoms with van der Waals surface area (Å²) in [7, 11) is 0. The number of carbonyl (C=O) groups excluding carboxylic acids is 1. The van der Waals surface area contributed by atoms with Crippen LogP contribution in [0.5, 0.6) is 5.75 Å². The second kappa shape index (κ2) is 6.34. The molecule has 1 heterocycles. The van der Waals surface area contributed by atoms with Crippen LogP contribution in [0.3, 0.4) is 0 Å². The highest BCUT2D eigenvalue weighted by molar-refractivity contribution is 5.76. The first-order valence-corrected chi connectivity index (χ1v) is 6.72. The summed E-state index contributed by atoms with van der Waals surface area (Å²) in [5.41, 5.74) is 6.09. The molecule has 1 amide bonds. The molecule has 1 aromatic carbocycles. The number of aryl methyl sites for hydroxylation is 1. The predicted octanol–water partition coefficient (Wildman–Crippen LogP) is 2.08. The smallest absolute Gasteiger partial charge is 0.406 e. The summed E-state index contributed by atoms with van der Waals surface area (Å²) in [5, 5.41) is 0. The Hall–Kier alpha value is -1.76. The van der Waals surface area contributed by atoms with Crippen LogP contribution in [0, 0.1) is 0 Å². The minimum atomic E-state index is -4.73. The Morgan fingerprint density at radius 1 is 1.38 bits per heavy atom. The summed E-state index contributed by atoms with van der Waals surface area (Å²) in [5.74, 6) is -0.347. The van der Waals surface area contributed by atoms with Crippen molar-refractivity contribution < 1.29 is 22.7 Å². The molecule has 1 aromatic rings. The van der Waals surface area contributed by atoms with Crippen LogP contribution in [-0.2, 0) is 11.2 Å². The number of para-hydroxylation sites is 1. The average Bonchev–Trinajstić information content (AvgIpc) is 2.82. The van der Waals surface area contributed by atoms with Gasteiger partial charge in [-0.15, -0.1) is 13.2 Å². The van der Waals surface area contributed by atoms with E-state index in [9.17, 15) is 18.0 Å². The number of carbonyl (C=O) groups is 1. The predicted molar refractivity (Wildman–Crippen MR) is 70.6 cm³/mol. The number of nitrogens with two attached hydrogens (primary N) is 1. The molecule has 0 spiro atoms. The summed E-state index contributed by atoms with van der Waals surface area (Å²) in [4.78, 5) is 13.6. The van der Waals surface area contributed by atoms with Crippen molar-refractivity contribution in [2.45, 2.75) is 31.7 Å². The topological polar surface area (TPSA) is 55.6 Å². The van der Waals surface area contributed by atoms with Gasteiger partial charge < -0.3 is 15.4 Å². The van der Waals surface area contributed by atoms with Gasteiger partial charge in [0.15, 0.2) is 0 Å². The molecule has 0 aromatic heterocycles. The maximum Gasteiger partial charge on any atom is 0.573 e. The molecule has 4 nitrogen and oxygen atoms in total. The number of benzene rings is 1. The Balaban J connectivity index is 1.95. The van der Waals surface area contributed by atoms with Crippen molar-refractivity contribution in [2.24, 2.45) is 5.73 Å². The van der Waals surface area contributed by atoms with Crippen molar-refractivity contribution in [3.8, 4) is 5.75 Å². The van der Waals surface area contributed by atoms with Crippen molar-refractivity contribution >= 4 is 5.91 Å². The molecule has 0 radical (unpaired) electrons. The van der Waals surface area contributed by atoms with E-state index in [1.807, 2.05) is 0 Å². The van der Waals surface area contributed by atoms with E-state index in [1.165, 1.54) is 18.2 Å². The second-order valence-electron chi connectivity index (χ2n) is 5.04.